The van der Waals surface area contributed by atoms with Gasteiger partial charge in [-0.15, -0.1) is 0 Å². The number of hydrogen-bond acceptors (Lipinski definition) is 1. The van der Waals surface area contributed by atoms with Gasteiger partial charge in [-0.2, -0.15) is 11.3 Å². The zero-order chi connectivity index (χ0) is 12.2. The summed E-state index contributed by atoms with van der Waals surface area (Å²) in [5.41, 5.74) is 5.30. The summed E-state index contributed by atoms with van der Waals surface area (Å²) in [6.07, 6.45) is 9.92. The molecule has 0 bridgehead atoms. The summed E-state index contributed by atoms with van der Waals surface area (Å²) in [5.74, 6) is 0. The third-order valence-corrected chi connectivity index (χ3v) is 3.73. The van der Waals surface area contributed by atoms with Crippen LogP contribution in [0.4, 0.5) is 0 Å². The van der Waals surface area contributed by atoms with E-state index < -0.39 is 0 Å². The molecule has 1 heterocycles. The van der Waals surface area contributed by atoms with Crippen molar-refractivity contribution in [2.45, 2.75) is 6.42 Å². The molecule has 1 aliphatic rings. The van der Waals surface area contributed by atoms with Gasteiger partial charge in [0, 0.05) is 0 Å². The summed E-state index contributed by atoms with van der Waals surface area (Å²) in [5, 5.41) is 4.31. The molecule has 0 saturated heterocycles. The first-order chi connectivity index (χ1) is 8.92. The highest BCUT2D eigenvalue weighted by Gasteiger charge is 2.04. The Morgan fingerprint density at radius 3 is 2.67 bits per heavy atom. The summed E-state index contributed by atoms with van der Waals surface area (Å²) >= 11 is 1.74. The predicted octanol–water partition coefficient (Wildman–Crippen LogP) is 4.87. The molecule has 0 unspecified atom stereocenters. The summed E-state index contributed by atoms with van der Waals surface area (Å²) in [6, 6.07) is 12.7. The average molecular weight is 250 g/mol. The Morgan fingerprint density at radius 1 is 1.00 bits per heavy atom. The van der Waals surface area contributed by atoms with Crippen LogP contribution in [-0.4, -0.2) is 0 Å². The fourth-order valence-corrected chi connectivity index (χ4v) is 2.71. The van der Waals surface area contributed by atoms with E-state index in [0.717, 1.165) is 6.42 Å². The van der Waals surface area contributed by atoms with Crippen molar-refractivity contribution in [3.63, 3.8) is 0 Å². The third-order valence-electron chi connectivity index (χ3n) is 3.05. The first kappa shape index (κ1) is 11.2. The quantitative estimate of drug-likeness (QED) is 0.729. The molecule has 1 aliphatic carbocycles. The maximum atomic E-state index is 2.28. The topological polar surface area (TPSA) is 0 Å². The minimum Gasteiger partial charge on any atom is -0.152 e. The standard InChI is InChI=1S/C17H14S/c1-2-4-14(5-3-1)6-7-15-8-9-16(12-15)17-10-11-18-13-17/h1-5,7-13H,6H2. The number of benzene rings is 1. The Labute approximate surface area is 112 Å². The van der Waals surface area contributed by atoms with Crippen molar-refractivity contribution < 1.29 is 0 Å². The van der Waals surface area contributed by atoms with E-state index in [-0.39, 0.29) is 0 Å². The van der Waals surface area contributed by atoms with Crippen LogP contribution in [-0.2, 0) is 6.42 Å². The molecule has 0 N–H and O–H groups in total. The highest BCUT2D eigenvalue weighted by Crippen LogP contribution is 2.26. The molecule has 0 radical (unpaired) electrons. The van der Waals surface area contributed by atoms with E-state index in [9.17, 15) is 0 Å². The summed E-state index contributed by atoms with van der Waals surface area (Å²) < 4.78 is 0. The van der Waals surface area contributed by atoms with Crippen LogP contribution in [0.1, 0.15) is 11.1 Å². The number of allylic oxidation sites excluding steroid dienone is 6. The van der Waals surface area contributed by atoms with Gasteiger partial charge in [-0.1, -0.05) is 48.6 Å². The molecule has 3 rings (SSSR count). The zero-order valence-electron chi connectivity index (χ0n) is 10.0. The number of thiophene rings is 1. The zero-order valence-corrected chi connectivity index (χ0v) is 10.9. The molecule has 0 amide bonds. The van der Waals surface area contributed by atoms with Crippen molar-refractivity contribution in [2.75, 3.05) is 0 Å². The molecule has 2 aromatic rings. The third kappa shape index (κ3) is 2.52. The SMILES string of the molecule is C1=CC(c2ccsc2)=CC1=CCc1ccccc1. The molecule has 18 heavy (non-hydrogen) atoms. The Balaban J connectivity index is 1.74. The summed E-state index contributed by atoms with van der Waals surface area (Å²) in [7, 11) is 0. The molecule has 0 aliphatic heterocycles. The van der Waals surface area contributed by atoms with Crippen LogP contribution in [0.5, 0.6) is 0 Å². The minimum absolute atomic E-state index is 0.994. The molecule has 0 spiro atoms. The van der Waals surface area contributed by atoms with Crippen LogP contribution in [0.15, 0.2) is 77.0 Å². The monoisotopic (exact) mass is 250 g/mol. The molecular weight excluding hydrogens is 236 g/mol. The Hall–Kier alpha value is -1.86. The molecule has 88 valence electrons. The maximum absolute atomic E-state index is 2.28. The predicted molar refractivity (Wildman–Crippen MR) is 79.7 cm³/mol. The van der Waals surface area contributed by atoms with Crippen LogP contribution < -0.4 is 0 Å². The van der Waals surface area contributed by atoms with Gasteiger partial charge < -0.3 is 0 Å². The second-order valence-corrected chi connectivity index (χ2v) is 5.12. The molecule has 1 aromatic carbocycles. The second-order valence-electron chi connectivity index (χ2n) is 4.34. The molecule has 0 fully saturated rings. The van der Waals surface area contributed by atoms with Crippen LogP contribution in [0.2, 0.25) is 0 Å². The molecule has 0 saturated carbocycles. The summed E-state index contributed by atoms with van der Waals surface area (Å²) in [4.78, 5) is 0. The van der Waals surface area contributed by atoms with Crippen molar-refractivity contribution in [3.05, 3.63) is 88.2 Å². The minimum atomic E-state index is 0.994. The Bertz CT molecular complexity index is 598. The van der Waals surface area contributed by atoms with Crippen molar-refractivity contribution in [2.24, 2.45) is 0 Å². The average Bonchev–Trinajstić information content (AvgIpc) is 3.08. The summed E-state index contributed by atoms with van der Waals surface area (Å²) in [6.45, 7) is 0. The van der Waals surface area contributed by atoms with Gasteiger partial charge in [-0.3, -0.25) is 0 Å². The Kier molecular flexibility index (Phi) is 3.24. The van der Waals surface area contributed by atoms with Crippen molar-refractivity contribution in [1.29, 1.82) is 0 Å². The van der Waals surface area contributed by atoms with Gasteiger partial charge in [0.25, 0.3) is 0 Å². The fourth-order valence-electron chi connectivity index (χ4n) is 2.05. The lowest BCUT2D eigenvalue weighted by Gasteiger charge is -1.96. The lowest BCUT2D eigenvalue weighted by atomic mass is 10.1. The molecule has 1 aromatic heterocycles. The van der Waals surface area contributed by atoms with E-state index in [0.29, 0.717) is 0 Å². The van der Waals surface area contributed by atoms with Gasteiger partial charge in [-0.05, 0) is 51.6 Å². The largest absolute Gasteiger partial charge is 0.152 e. The van der Waals surface area contributed by atoms with E-state index >= 15 is 0 Å². The molecule has 1 heteroatoms. The van der Waals surface area contributed by atoms with Crippen LogP contribution in [0.3, 0.4) is 0 Å². The van der Waals surface area contributed by atoms with Crippen LogP contribution >= 0.6 is 11.3 Å². The van der Waals surface area contributed by atoms with E-state index in [2.05, 4.69) is 71.5 Å². The first-order valence-electron chi connectivity index (χ1n) is 6.08. The van der Waals surface area contributed by atoms with E-state index in [1.165, 1.54) is 22.3 Å². The van der Waals surface area contributed by atoms with E-state index in [1.54, 1.807) is 11.3 Å². The first-order valence-corrected chi connectivity index (χ1v) is 7.02. The highest BCUT2D eigenvalue weighted by atomic mass is 32.1. The van der Waals surface area contributed by atoms with Crippen LogP contribution in [0, 0.1) is 0 Å². The lowest BCUT2D eigenvalue weighted by Crippen LogP contribution is -1.80. The van der Waals surface area contributed by atoms with Gasteiger partial charge in [0.2, 0.25) is 0 Å². The van der Waals surface area contributed by atoms with Gasteiger partial charge in [-0.25, -0.2) is 0 Å². The molecule has 0 nitrogen and oxygen atoms in total. The smallest absolute Gasteiger partial charge is 0.00147 e. The lowest BCUT2D eigenvalue weighted by molar-refractivity contribution is 1.26. The highest BCUT2D eigenvalue weighted by molar-refractivity contribution is 7.08. The molecule has 0 atom stereocenters. The van der Waals surface area contributed by atoms with Crippen molar-refractivity contribution >= 4 is 16.9 Å². The number of rotatable bonds is 3. The normalized spacial score (nSPS) is 16.2. The fraction of sp³-hybridized carbons (Fsp3) is 0.0588. The van der Waals surface area contributed by atoms with Gasteiger partial charge >= 0.3 is 0 Å². The molecular formula is C17H14S. The van der Waals surface area contributed by atoms with Crippen LogP contribution in [0.25, 0.3) is 5.57 Å². The van der Waals surface area contributed by atoms with Gasteiger partial charge in [0.15, 0.2) is 0 Å². The number of hydrogen-bond donors (Lipinski definition) is 0. The maximum Gasteiger partial charge on any atom is -0.00147 e. The second kappa shape index (κ2) is 5.19. The van der Waals surface area contributed by atoms with Gasteiger partial charge in [0.05, 0.1) is 0 Å². The van der Waals surface area contributed by atoms with Gasteiger partial charge in [0.1, 0.15) is 0 Å². The van der Waals surface area contributed by atoms with E-state index in [1.807, 2.05) is 0 Å². The van der Waals surface area contributed by atoms with E-state index in [4.69, 9.17) is 0 Å². The van der Waals surface area contributed by atoms with Crippen molar-refractivity contribution in [1.82, 2.24) is 0 Å². The Morgan fingerprint density at radius 2 is 1.89 bits per heavy atom. The van der Waals surface area contributed by atoms with Crippen molar-refractivity contribution in [3.8, 4) is 0 Å².